The molecule has 0 aromatic heterocycles. The van der Waals surface area contributed by atoms with Gasteiger partial charge in [0, 0.05) is 10.7 Å². The number of amides is 1. The van der Waals surface area contributed by atoms with E-state index in [1.165, 1.54) is 0 Å². The zero-order valence-corrected chi connectivity index (χ0v) is 11.4. The number of anilines is 1. The average Bonchev–Trinajstić information content (AvgIpc) is 2.33. The van der Waals surface area contributed by atoms with Gasteiger partial charge in [-0.2, -0.15) is 0 Å². The Morgan fingerprint density at radius 1 is 1.53 bits per heavy atom. The third-order valence-corrected chi connectivity index (χ3v) is 4.17. The molecule has 0 aliphatic heterocycles. The number of amidine groups is 1. The van der Waals surface area contributed by atoms with Crippen LogP contribution in [0.15, 0.2) is 23.4 Å². The fourth-order valence-electron chi connectivity index (χ4n) is 2.21. The molecule has 0 spiro atoms. The molecule has 0 unspecified atom stereocenters. The predicted molar refractivity (Wildman–Crippen MR) is 74.5 cm³/mol. The van der Waals surface area contributed by atoms with Gasteiger partial charge in [-0.25, -0.2) is 0 Å². The molecule has 2 rings (SSSR count). The molecule has 5 nitrogen and oxygen atoms in total. The zero-order chi connectivity index (χ0) is 14.0. The summed E-state index contributed by atoms with van der Waals surface area (Å²) < 4.78 is 0. The van der Waals surface area contributed by atoms with Crippen molar-refractivity contribution in [1.29, 1.82) is 0 Å². The highest BCUT2D eigenvalue weighted by atomic mass is 35.5. The van der Waals surface area contributed by atoms with E-state index in [0.29, 0.717) is 23.6 Å². The normalized spacial score (nSPS) is 17.7. The molecule has 0 radical (unpaired) electrons. The van der Waals surface area contributed by atoms with Gasteiger partial charge in [0.05, 0.1) is 0 Å². The highest BCUT2D eigenvalue weighted by Crippen LogP contribution is 2.42. The first-order valence-electron chi connectivity index (χ1n) is 6.06. The van der Waals surface area contributed by atoms with Gasteiger partial charge in [-0.05, 0) is 37.5 Å². The number of rotatable bonds is 3. The van der Waals surface area contributed by atoms with Crippen molar-refractivity contribution in [3.05, 3.63) is 28.8 Å². The smallest absolute Gasteiger partial charge is 0.238 e. The second-order valence-corrected chi connectivity index (χ2v) is 5.19. The molecule has 0 heterocycles. The van der Waals surface area contributed by atoms with E-state index >= 15 is 0 Å². The minimum atomic E-state index is -0.885. The van der Waals surface area contributed by atoms with Crippen LogP contribution >= 0.6 is 11.6 Å². The topological polar surface area (TPSA) is 87.7 Å². The molecule has 1 amide bonds. The second kappa shape index (κ2) is 5.09. The molecule has 1 fully saturated rings. The Hall–Kier alpha value is -1.75. The summed E-state index contributed by atoms with van der Waals surface area (Å²) in [6, 6.07) is 5.30. The Kier molecular flexibility index (Phi) is 3.66. The summed E-state index contributed by atoms with van der Waals surface area (Å²) in [4.78, 5) is 12.4. The van der Waals surface area contributed by atoms with E-state index in [1.54, 1.807) is 18.2 Å². The van der Waals surface area contributed by atoms with Crippen molar-refractivity contribution in [3.63, 3.8) is 0 Å². The second-order valence-electron chi connectivity index (χ2n) is 4.79. The van der Waals surface area contributed by atoms with Crippen molar-refractivity contribution >= 4 is 29.0 Å². The Morgan fingerprint density at radius 3 is 2.74 bits per heavy atom. The SMILES string of the molecule is Cc1c(Cl)cccc1NC(=O)C1(/C(N)=N/O)CCC1. The highest BCUT2D eigenvalue weighted by molar-refractivity contribution is 6.31. The van der Waals surface area contributed by atoms with Gasteiger partial charge in [0.2, 0.25) is 5.91 Å². The lowest BCUT2D eigenvalue weighted by Gasteiger charge is -2.38. The Morgan fingerprint density at radius 2 is 2.21 bits per heavy atom. The van der Waals surface area contributed by atoms with Crippen molar-refractivity contribution in [1.82, 2.24) is 0 Å². The molecule has 1 aliphatic carbocycles. The summed E-state index contributed by atoms with van der Waals surface area (Å²) in [5.74, 6) is -0.282. The van der Waals surface area contributed by atoms with Crippen molar-refractivity contribution in [3.8, 4) is 0 Å². The first-order valence-corrected chi connectivity index (χ1v) is 6.43. The van der Waals surface area contributed by atoms with Crippen LogP contribution in [0.4, 0.5) is 5.69 Å². The molecule has 0 atom stereocenters. The van der Waals surface area contributed by atoms with Crippen LogP contribution < -0.4 is 11.1 Å². The van der Waals surface area contributed by atoms with E-state index in [9.17, 15) is 4.79 Å². The molecular formula is C13H16ClN3O2. The third kappa shape index (κ3) is 2.26. The van der Waals surface area contributed by atoms with E-state index in [-0.39, 0.29) is 11.7 Å². The van der Waals surface area contributed by atoms with Crippen LogP contribution in [0.5, 0.6) is 0 Å². The summed E-state index contributed by atoms with van der Waals surface area (Å²) >= 11 is 6.01. The van der Waals surface area contributed by atoms with Crippen LogP contribution in [-0.4, -0.2) is 17.0 Å². The molecule has 0 bridgehead atoms. The molecule has 1 saturated carbocycles. The maximum absolute atomic E-state index is 12.4. The summed E-state index contributed by atoms with van der Waals surface area (Å²) in [5, 5.41) is 15.2. The number of oxime groups is 1. The van der Waals surface area contributed by atoms with Gasteiger partial charge in [-0.3, -0.25) is 4.79 Å². The molecule has 4 N–H and O–H groups in total. The quantitative estimate of drug-likeness (QED) is 0.344. The number of benzene rings is 1. The lowest BCUT2D eigenvalue weighted by atomic mass is 9.67. The molecule has 19 heavy (non-hydrogen) atoms. The number of carbonyl (C=O) groups is 1. The van der Waals surface area contributed by atoms with E-state index in [2.05, 4.69) is 10.5 Å². The molecule has 6 heteroatoms. The lowest BCUT2D eigenvalue weighted by Crippen LogP contribution is -2.51. The average molecular weight is 282 g/mol. The van der Waals surface area contributed by atoms with Crippen molar-refractivity contribution in [2.24, 2.45) is 16.3 Å². The van der Waals surface area contributed by atoms with Gasteiger partial charge in [-0.1, -0.05) is 29.2 Å². The molecule has 1 aromatic carbocycles. The Labute approximate surface area is 116 Å². The summed E-state index contributed by atoms with van der Waals surface area (Å²) in [7, 11) is 0. The van der Waals surface area contributed by atoms with Crippen molar-refractivity contribution in [2.75, 3.05) is 5.32 Å². The summed E-state index contributed by atoms with van der Waals surface area (Å²) in [5.41, 5.74) is 6.21. The van der Waals surface area contributed by atoms with Gasteiger partial charge in [0.25, 0.3) is 0 Å². The van der Waals surface area contributed by atoms with Crippen LogP contribution in [0, 0.1) is 12.3 Å². The number of carbonyl (C=O) groups excluding carboxylic acids is 1. The summed E-state index contributed by atoms with van der Waals surface area (Å²) in [6.45, 7) is 1.83. The van der Waals surface area contributed by atoms with Gasteiger partial charge in [-0.15, -0.1) is 0 Å². The minimum Gasteiger partial charge on any atom is -0.409 e. The van der Waals surface area contributed by atoms with Crippen LogP contribution in [0.2, 0.25) is 5.02 Å². The number of nitrogens with two attached hydrogens (primary N) is 1. The van der Waals surface area contributed by atoms with E-state index in [0.717, 1.165) is 12.0 Å². The van der Waals surface area contributed by atoms with Crippen LogP contribution in [0.3, 0.4) is 0 Å². The van der Waals surface area contributed by atoms with E-state index < -0.39 is 5.41 Å². The van der Waals surface area contributed by atoms with Crippen LogP contribution in [0.1, 0.15) is 24.8 Å². The number of halogens is 1. The number of hydrogen-bond acceptors (Lipinski definition) is 3. The summed E-state index contributed by atoms with van der Waals surface area (Å²) in [6.07, 6.45) is 2.07. The van der Waals surface area contributed by atoms with Crippen molar-refractivity contribution in [2.45, 2.75) is 26.2 Å². The van der Waals surface area contributed by atoms with Gasteiger partial charge in [0.15, 0.2) is 5.84 Å². The standard InChI is InChI=1S/C13H16ClN3O2/c1-8-9(14)4-2-5-10(8)16-12(18)13(6-3-7-13)11(15)17-19/h2,4-5,19H,3,6-7H2,1H3,(H2,15,17)(H,16,18). The highest BCUT2D eigenvalue weighted by Gasteiger charge is 2.48. The van der Waals surface area contributed by atoms with Crippen LogP contribution in [0.25, 0.3) is 0 Å². The fraction of sp³-hybridized carbons (Fsp3) is 0.385. The first kappa shape index (κ1) is 13.7. The largest absolute Gasteiger partial charge is 0.409 e. The molecule has 102 valence electrons. The molecular weight excluding hydrogens is 266 g/mol. The molecule has 1 aliphatic rings. The molecule has 0 saturated heterocycles. The molecule has 1 aromatic rings. The maximum Gasteiger partial charge on any atom is 0.238 e. The zero-order valence-electron chi connectivity index (χ0n) is 10.6. The van der Waals surface area contributed by atoms with Crippen LogP contribution in [-0.2, 0) is 4.79 Å². The number of hydrogen-bond donors (Lipinski definition) is 3. The third-order valence-electron chi connectivity index (χ3n) is 3.76. The van der Waals surface area contributed by atoms with Gasteiger partial charge >= 0.3 is 0 Å². The number of nitrogens with zero attached hydrogens (tertiary/aromatic N) is 1. The Balaban J connectivity index is 2.24. The minimum absolute atomic E-state index is 0.0315. The van der Waals surface area contributed by atoms with Gasteiger partial charge in [0.1, 0.15) is 5.41 Å². The predicted octanol–water partition coefficient (Wildman–Crippen LogP) is 2.50. The van der Waals surface area contributed by atoms with E-state index in [4.69, 9.17) is 22.5 Å². The lowest BCUT2D eigenvalue weighted by molar-refractivity contribution is -0.125. The van der Waals surface area contributed by atoms with E-state index in [1.807, 2.05) is 6.92 Å². The number of nitrogens with one attached hydrogen (secondary N) is 1. The van der Waals surface area contributed by atoms with Gasteiger partial charge < -0.3 is 16.3 Å². The fourth-order valence-corrected chi connectivity index (χ4v) is 2.38. The monoisotopic (exact) mass is 281 g/mol. The van der Waals surface area contributed by atoms with Crippen molar-refractivity contribution < 1.29 is 10.0 Å². The first-order chi connectivity index (χ1) is 9.01. The maximum atomic E-state index is 12.4. The Bertz CT molecular complexity index is 539.